The number of nitrogens with one attached hydrogen (secondary N) is 1. The van der Waals surface area contributed by atoms with Crippen molar-refractivity contribution in [2.75, 3.05) is 11.4 Å². The van der Waals surface area contributed by atoms with E-state index < -0.39 is 0 Å². The van der Waals surface area contributed by atoms with Crippen LogP contribution in [0.3, 0.4) is 0 Å². The molecule has 1 heterocycles. The standard InChI is InChI=1S/C17H28N2/c1-5-16-7-6-10-19(16)17-9-8-14(4)11-15(17)12-18-13(2)3/h8-9,11,13,16,18H,5-7,10,12H2,1-4H3. The fourth-order valence-electron chi connectivity index (χ4n) is 3.03. The average molecular weight is 260 g/mol. The van der Waals surface area contributed by atoms with E-state index in [9.17, 15) is 0 Å². The molecule has 1 atom stereocenters. The van der Waals surface area contributed by atoms with Gasteiger partial charge in [0, 0.05) is 30.9 Å². The van der Waals surface area contributed by atoms with Gasteiger partial charge in [-0.1, -0.05) is 38.5 Å². The molecule has 106 valence electrons. The van der Waals surface area contributed by atoms with Gasteiger partial charge < -0.3 is 10.2 Å². The lowest BCUT2D eigenvalue weighted by Crippen LogP contribution is -2.30. The molecule has 1 aromatic rings. The zero-order chi connectivity index (χ0) is 13.8. The first kappa shape index (κ1) is 14.4. The molecular formula is C17H28N2. The van der Waals surface area contributed by atoms with Crippen LogP contribution >= 0.6 is 0 Å². The molecule has 2 rings (SSSR count). The number of aryl methyl sites for hydroxylation is 1. The van der Waals surface area contributed by atoms with Crippen LogP contribution in [0.15, 0.2) is 18.2 Å². The first-order valence-electron chi connectivity index (χ1n) is 7.71. The largest absolute Gasteiger partial charge is 0.368 e. The SMILES string of the molecule is CCC1CCCN1c1ccc(C)cc1CNC(C)C. The first-order chi connectivity index (χ1) is 9.11. The summed E-state index contributed by atoms with van der Waals surface area (Å²) in [5, 5.41) is 3.56. The number of hydrogen-bond acceptors (Lipinski definition) is 2. The van der Waals surface area contributed by atoms with Crippen molar-refractivity contribution in [2.24, 2.45) is 0 Å². The van der Waals surface area contributed by atoms with Crippen LogP contribution in [0.2, 0.25) is 0 Å². The molecular weight excluding hydrogens is 232 g/mol. The highest BCUT2D eigenvalue weighted by Gasteiger charge is 2.24. The Hall–Kier alpha value is -1.02. The molecule has 1 fully saturated rings. The number of rotatable bonds is 5. The van der Waals surface area contributed by atoms with Gasteiger partial charge in [0.05, 0.1) is 0 Å². The average Bonchev–Trinajstić information content (AvgIpc) is 2.84. The Morgan fingerprint density at radius 3 is 2.84 bits per heavy atom. The van der Waals surface area contributed by atoms with Crippen LogP contribution in [-0.2, 0) is 6.54 Å². The van der Waals surface area contributed by atoms with E-state index in [0.717, 1.165) is 12.6 Å². The fourth-order valence-corrected chi connectivity index (χ4v) is 3.03. The lowest BCUT2D eigenvalue weighted by atomic mass is 10.1. The maximum absolute atomic E-state index is 3.56. The van der Waals surface area contributed by atoms with Gasteiger partial charge in [-0.05, 0) is 37.8 Å². The smallest absolute Gasteiger partial charge is 0.0414 e. The van der Waals surface area contributed by atoms with Gasteiger partial charge in [-0.25, -0.2) is 0 Å². The predicted octanol–water partition coefficient (Wildman–Crippen LogP) is 3.87. The van der Waals surface area contributed by atoms with Crippen molar-refractivity contribution in [1.29, 1.82) is 0 Å². The molecule has 2 heteroatoms. The molecule has 1 saturated heterocycles. The topological polar surface area (TPSA) is 15.3 Å². The maximum Gasteiger partial charge on any atom is 0.0414 e. The molecule has 1 unspecified atom stereocenters. The molecule has 0 aromatic heterocycles. The van der Waals surface area contributed by atoms with E-state index in [1.165, 1.54) is 42.6 Å². The lowest BCUT2D eigenvalue weighted by Gasteiger charge is -2.29. The summed E-state index contributed by atoms with van der Waals surface area (Å²) in [5.74, 6) is 0. The summed E-state index contributed by atoms with van der Waals surface area (Å²) >= 11 is 0. The Labute approximate surface area is 118 Å². The molecule has 1 aliphatic heterocycles. The van der Waals surface area contributed by atoms with Gasteiger partial charge in [0.25, 0.3) is 0 Å². The van der Waals surface area contributed by atoms with Gasteiger partial charge in [-0.2, -0.15) is 0 Å². The van der Waals surface area contributed by atoms with Crippen LogP contribution in [0.25, 0.3) is 0 Å². The van der Waals surface area contributed by atoms with Crippen molar-refractivity contribution in [1.82, 2.24) is 5.32 Å². The minimum Gasteiger partial charge on any atom is -0.368 e. The van der Waals surface area contributed by atoms with E-state index in [1.807, 2.05) is 0 Å². The summed E-state index contributed by atoms with van der Waals surface area (Å²) in [7, 11) is 0. The van der Waals surface area contributed by atoms with E-state index in [2.05, 4.69) is 56.1 Å². The monoisotopic (exact) mass is 260 g/mol. The van der Waals surface area contributed by atoms with Crippen molar-refractivity contribution in [3.05, 3.63) is 29.3 Å². The summed E-state index contributed by atoms with van der Waals surface area (Å²) < 4.78 is 0. The van der Waals surface area contributed by atoms with Crippen molar-refractivity contribution in [3.8, 4) is 0 Å². The summed E-state index contributed by atoms with van der Waals surface area (Å²) in [6.07, 6.45) is 3.94. The Morgan fingerprint density at radius 2 is 2.16 bits per heavy atom. The third-order valence-corrected chi connectivity index (χ3v) is 4.09. The maximum atomic E-state index is 3.56. The van der Waals surface area contributed by atoms with Crippen LogP contribution in [0, 0.1) is 6.92 Å². The third kappa shape index (κ3) is 3.50. The molecule has 19 heavy (non-hydrogen) atoms. The van der Waals surface area contributed by atoms with Crippen LogP contribution in [-0.4, -0.2) is 18.6 Å². The molecule has 1 aromatic carbocycles. The number of benzene rings is 1. The van der Waals surface area contributed by atoms with Crippen molar-refractivity contribution < 1.29 is 0 Å². The Balaban J connectivity index is 2.23. The molecule has 0 spiro atoms. The first-order valence-corrected chi connectivity index (χ1v) is 7.71. The highest BCUT2D eigenvalue weighted by molar-refractivity contribution is 5.56. The van der Waals surface area contributed by atoms with Crippen LogP contribution in [0.4, 0.5) is 5.69 Å². The summed E-state index contributed by atoms with van der Waals surface area (Å²) in [5.41, 5.74) is 4.26. The molecule has 0 amide bonds. The van der Waals surface area contributed by atoms with E-state index in [-0.39, 0.29) is 0 Å². The van der Waals surface area contributed by atoms with Gasteiger partial charge in [-0.15, -0.1) is 0 Å². The number of anilines is 1. The van der Waals surface area contributed by atoms with E-state index in [0.29, 0.717) is 6.04 Å². The Bertz CT molecular complexity index is 412. The fraction of sp³-hybridized carbons (Fsp3) is 0.647. The Morgan fingerprint density at radius 1 is 1.37 bits per heavy atom. The van der Waals surface area contributed by atoms with Crippen molar-refractivity contribution in [2.45, 2.75) is 65.6 Å². The van der Waals surface area contributed by atoms with Gasteiger partial charge in [0.15, 0.2) is 0 Å². The van der Waals surface area contributed by atoms with Crippen LogP contribution < -0.4 is 10.2 Å². The summed E-state index contributed by atoms with van der Waals surface area (Å²) in [4.78, 5) is 2.62. The predicted molar refractivity (Wildman–Crippen MR) is 83.8 cm³/mol. The second kappa shape index (κ2) is 6.42. The highest BCUT2D eigenvalue weighted by Crippen LogP contribution is 2.30. The number of hydrogen-bond donors (Lipinski definition) is 1. The quantitative estimate of drug-likeness (QED) is 0.864. The van der Waals surface area contributed by atoms with E-state index >= 15 is 0 Å². The minimum atomic E-state index is 0.536. The molecule has 2 nitrogen and oxygen atoms in total. The van der Waals surface area contributed by atoms with Gasteiger partial charge in [0.2, 0.25) is 0 Å². The zero-order valence-electron chi connectivity index (χ0n) is 12.9. The minimum absolute atomic E-state index is 0.536. The van der Waals surface area contributed by atoms with Gasteiger partial charge >= 0.3 is 0 Å². The summed E-state index contributed by atoms with van der Waals surface area (Å²) in [6, 6.07) is 8.18. The van der Waals surface area contributed by atoms with Crippen molar-refractivity contribution >= 4 is 5.69 Å². The lowest BCUT2D eigenvalue weighted by molar-refractivity contribution is 0.585. The molecule has 0 bridgehead atoms. The number of nitrogens with zero attached hydrogens (tertiary/aromatic N) is 1. The molecule has 0 radical (unpaired) electrons. The molecule has 1 aliphatic rings. The second-order valence-electron chi connectivity index (χ2n) is 6.07. The summed E-state index contributed by atoms with van der Waals surface area (Å²) in [6.45, 7) is 11.1. The van der Waals surface area contributed by atoms with Gasteiger partial charge in [0.1, 0.15) is 0 Å². The normalized spacial score (nSPS) is 19.4. The van der Waals surface area contributed by atoms with Crippen molar-refractivity contribution in [3.63, 3.8) is 0 Å². The van der Waals surface area contributed by atoms with E-state index in [1.54, 1.807) is 0 Å². The third-order valence-electron chi connectivity index (χ3n) is 4.09. The highest BCUT2D eigenvalue weighted by atomic mass is 15.2. The van der Waals surface area contributed by atoms with Crippen LogP contribution in [0.1, 0.15) is 51.2 Å². The molecule has 1 N–H and O–H groups in total. The Kier molecular flexibility index (Phi) is 4.87. The van der Waals surface area contributed by atoms with Crippen LogP contribution in [0.5, 0.6) is 0 Å². The van der Waals surface area contributed by atoms with Gasteiger partial charge in [-0.3, -0.25) is 0 Å². The van der Waals surface area contributed by atoms with E-state index in [4.69, 9.17) is 0 Å². The molecule has 0 saturated carbocycles. The zero-order valence-corrected chi connectivity index (χ0v) is 12.9. The second-order valence-corrected chi connectivity index (χ2v) is 6.07. The molecule has 0 aliphatic carbocycles.